The largest absolute Gasteiger partial charge is 0.451 e. The Balaban J connectivity index is 1.72. The Morgan fingerprint density at radius 1 is 1.45 bits per heavy atom. The molecule has 5 heteroatoms. The van der Waals surface area contributed by atoms with Crippen LogP contribution in [0.5, 0.6) is 0 Å². The highest BCUT2D eigenvalue weighted by atomic mass is 16.5. The summed E-state index contributed by atoms with van der Waals surface area (Å²) in [6, 6.07) is 7.01. The number of nitrogens with one attached hydrogen (secondary N) is 1. The SMILES string of the molecule is CC1(CNC(=O)c2cc3cc(N)ccc3o2)CCCO1. The number of carbonyl (C=O) groups is 1. The van der Waals surface area contributed by atoms with Gasteiger partial charge in [0.2, 0.25) is 0 Å². The second-order valence-corrected chi connectivity index (χ2v) is 5.49. The van der Waals surface area contributed by atoms with Crippen molar-refractivity contribution in [1.29, 1.82) is 0 Å². The second-order valence-electron chi connectivity index (χ2n) is 5.49. The Kier molecular flexibility index (Phi) is 3.14. The summed E-state index contributed by atoms with van der Waals surface area (Å²) in [7, 11) is 0. The normalized spacial score (nSPS) is 22.2. The third kappa shape index (κ3) is 2.49. The summed E-state index contributed by atoms with van der Waals surface area (Å²) in [5.74, 6) is 0.0729. The Hall–Kier alpha value is -2.01. The van der Waals surface area contributed by atoms with Crippen molar-refractivity contribution in [3.05, 3.63) is 30.0 Å². The summed E-state index contributed by atoms with van der Waals surface area (Å²) in [5, 5.41) is 3.70. The molecular weight excluding hydrogens is 256 g/mol. The molecular formula is C15H18N2O3. The Morgan fingerprint density at radius 3 is 3.05 bits per heavy atom. The summed E-state index contributed by atoms with van der Waals surface area (Å²) in [5.41, 5.74) is 6.76. The van der Waals surface area contributed by atoms with Gasteiger partial charge in [0.05, 0.1) is 5.60 Å². The lowest BCUT2D eigenvalue weighted by Gasteiger charge is -2.22. The van der Waals surface area contributed by atoms with Crippen molar-refractivity contribution in [2.24, 2.45) is 0 Å². The number of furan rings is 1. The number of benzene rings is 1. The molecule has 1 aromatic carbocycles. The van der Waals surface area contributed by atoms with E-state index in [1.54, 1.807) is 24.3 Å². The van der Waals surface area contributed by atoms with Gasteiger partial charge in [0.1, 0.15) is 5.58 Å². The molecule has 0 radical (unpaired) electrons. The van der Waals surface area contributed by atoms with Crippen LogP contribution in [0.25, 0.3) is 11.0 Å². The number of nitrogen functional groups attached to an aromatic ring is 1. The smallest absolute Gasteiger partial charge is 0.287 e. The number of ether oxygens (including phenoxy) is 1. The summed E-state index contributed by atoms with van der Waals surface area (Å²) in [4.78, 5) is 12.1. The minimum Gasteiger partial charge on any atom is -0.451 e. The fourth-order valence-corrected chi connectivity index (χ4v) is 2.50. The molecule has 1 unspecified atom stereocenters. The van der Waals surface area contributed by atoms with Gasteiger partial charge in [-0.25, -0.2) is 0 Å². The molecule has 1 amide bonds. The molecule has 106 valence electrons. The number of carbonyl (C=O) groups excluding carboxylic acids is 1. The number of anilines is 1. The summed E-state index contributed by atoms with van der Waals surface area (Å²) in [6.07, 6.45) is 2.00. The van der Waals surface area contributed by atoms with Gasteiger partial charge in [0.25, 0.3) is 5.91 Å². The Morgan fingerprint density at radius 2 is 2.30 bits per heavy atom. The van der Waals surface area contributed by atoms with Crippen molar-refractivity contribution in [3.8, 4) is 0 Å². The van der Waals surface area contributed by atoms with Crippen LogP contribution in [0.3, 0.4) is 0 Å². The molecule has 1 fully saturated rings. The first-order valence-electron chi connectivity index (χ1n) is 6.77. The van der Waals surface area contributed by atoms with Crippen LogP contribution in [0.2, 0.25) is 0 Å². The van der Waals surface area contributed by atoms with Crippen LogP contribution in [-0.4, -0.2) is 24.7 Å². The second kappa shape index (κ2) is 4.83. The van der Waals surface area contributed by atoms with Gasteiger partial charge < -0.3 is 20.2 Å². The quantitative estimate of drug-likeness (QED) is 0.842. The number of hydrogen-bond acceptors (Lipinski definition) is 4. The lowest BCUT2D eigenvalue weighted by molar-refractivity contribution is 0.0203. The van der Waals surface area contributed by atoms with Crippen molar-refractivity contribution in [3.63, 3.8) is 0 Å². The van der Waals surface area contributed by atoms with Gasteiger partial charge in [-0.1, -0.05) is 0 Å². The van der Waals surface area contributed by atoms with Crippen molar-refractivity contribution in [2.45, 2.75) is 25.4 Å². The van der Waals surface area contributed by atoms with E-state index in [0.29, 0.717) is 23.6 Å². The van der Waals surface area contributed by atoms with Gasteiger partial charge in [-0.3, -0.25) is 4.79 Å². The lowest BCUT2D eigenvalue weighted by Crippen LogP contribution is -2.39. The maximum absolute atomic E-state index is 12.1. The van der Waals surface area contributed by atoms with Crippen molar-refractivity contribution in [2.75, 3.05) is 18.9 Å². The average Bonchev–Trinajstić information content (AvgIpc) is 3.02. The van der Waals surface area contributed by atoms with Crippen LogP contribution in [0.4, 0.5) is 5.69 Å². The molecule has 2 heterocycles. The standard InChI is InChI=1S/C15H18N2O3/c1-15(5-2-6-19-15)9-17-14(18)13-8-10-7-11(16)3-4-12(10)20-13/h3-4,7-8H,2,5-6,9,16H2,1H3,(H,17,18). The minimum atomic E-state index is -0.258. The van der Waals surface area contributed by atoms with Crippen LogP contribution in [0.1, 0.15) is 30.3 Å². The number of fused-ring (bicyclic) bond motifs is 1. The number of hydrogen-bond donors (Lipinski definition) is 2. The molecule has 1 saturated heterocycles. The summed E-state index contributed by atoms with van der Waals surface area (Å²) < 4.78 is 11.2. The van der Waals surface area contributed by atoms with Gasteiger partial charge in [-0.2, -0.15) is 0 Å². The summed E-state index contributed by atoms with van der Waals surface area (Å²) in [6.45, 7) is 3.26. The molecule has 5 nitrogen and oxygen atoms in total. The van der Waals surface area contributed by atoms with E-state index in [2.05, 4.69) is 5.32 Å². The average molecular weight is 274 g/mol. The van der Waals surface area contributed by atoms with E-state index in [1.807, 2.05) is 6.92 Å². The topological polar surface area (TPSA) is 77.5 Å². The first-order valence-corrected chi connectivity index (χ1v) is 6.77. The molecule has 1 atom stereocenters. The molecule has 0 spiro atoms. The number of amides is 1. The third-order valence-corrected chi connectivity index (χ3v) is 3.69. The fourth-order valence-electron chi connectivity index (χ4n) is 2.50. The lowest BCUT2D eigenvalue weighted by atomic mass is 10.0. The zero-order chi connectivity index (χ0) is 14.2. The van der Waals surface area contributed by atoms with Crippen molar-refractivity contribution < 1.29 is 13.9 Å². The van der Waals surface area contributed by atoms with E-state index >= 15 is 0 Å². The van der Waals surface area contributed by atoms with E-state index in [-0.39, 0.29) is 11.5 Å². The predicted octanol–water partition coefficient (Wildman–Crippen LogP) is 2.31. The minimum absolute atomic E-state index is 0.225. The fraction of sp³-hybridized carbons (Fsp3) is 0.400. The number of nitrogens with two attached hydrogens (primary N) is 1. The molecule has 1 aliphatic rings. The predicted molar refractivity (Wildman–Crippen MR) is 76.6 cm³/mol. The molecule has 3 rings (SSSR count). The van der Waals surface area contributed by atoms with Gasteiger partial charge in [-0.15, -0.1) is 0 Å². The molecule has 1 aromatic heterocycles. The van der Waals surface area contributed by atoms with E-state index in [4.69, 9.17) is 14.9 Å². The molecule has 0 saturated carbocycles. The van der Waals surface area contributed by atoms with E-state index in [1.165, 1.54) is 0 Å². The zero-order valence-electron chi connectivity index (χ0n) is 11.4. The highest BCUT2D eigenvalue weighted by Crippen LogP contribution is 2.25. The molecule has 2 aromatic rings. The maximum Gasteiger partial charge on any atom is 0.287 e. The monoisotopic (exact) mass is 274 g/mol. The maximum atomic E-state index is 12.1. The summed E-state index contributed by atoms with van der Waals surface area (Å²) >= 11 is 0. The zero-order valence-corrected chi connectivity index (χ0v) is 11.4. The van der Waals surface area contributed by atoms with Gasteiger partial charge >= 0.3 is 0 Å². The molecule has 3 N–H and O–H groups in total. The van der Waals surface area contributed by atoms with E-state index < -0.39 is 0 Å². The third-order valence-electron chi connectivity index (χ3n) is 3.69. The molecule has 1 aliphatic heterocycles. The first kappa shape index (κ1) is 13.0. The Labute approximate surface area is 117 Å². The van der Waals surface area contributed by atoms with Gasteiger partial charge in [-0.05, 0) is 44.0 Å². The highest BCUT2D eigenvalue weighted by Gasteiger charge is 2.30. The van der Waals surface area contributed by atoms with Gasteiger partial charge in [0, 0.05) is 24.2 Å². The highest BCUT2D eigenvalue weighted by molar-refractivity contribution is 5.96. The van der Waals surface area contributed by atoms with Crippen LogP contribution in [-0.2, 0) is 4.74 Å². The van der Waals surface area contributed by atoms with Crippen LogP contribution < -0.4 is 11.1 Å². The number of rotatable bonds is 3. The van der Waals surface area contributed by atoms with Crippen LogP contribution in [0, 0.1) is 0 Å². The van der Waals surface area contributed by atoms with Crippen molar-refractivity contribution >= 4 is 22.6 Å². The van der Waals surface area contributed by atoms with Crippen LogP contribution in [0.15, 0.2) is 28.7 Å². The van der Waals surface area contributed by atoms with Crippen molar-refractivity contribution in [1.82, 2.24) is 5.32 Å². The molecule has 0 aliphatic carbocycles. The van der Waals surface area contributed by atoms with E-state index in [9.17, 15) is 4.79 Å². The van der Waals surface area contributed by atoms with Crippen LogP contribution >= 0.6 is 0 Å². The van der Waals surface area contributed by atoms with Gasteiger partial charge in [0.15, 0.2) is 5.76 Å². The Bertz CT molecular complexity index is 642. The first-order chi connectivity index (χ1) is 9.56. The molecule has 0 bridgehead atoms. The van der Waals surface area contributed by atoms with E-state index in [0.717, 1.165) is 24.8 Å². The molecule has 20 heavy (non-hydrogen) atoms.